The van der Waals surface area contributed by atoms with Crippen molar-refractivity contribution in [2.75, 3.05) is 20.6 Å². The van der Waals surface area contributed by atoms with Crippen LogP contribution in [0, 0.1) is 17.3 Å². The number of carbonyl (C=O) groups is 5. The molecule has 3 atom stereocenters. The second kappa shape index (κ2) is 11.6. The van der Waals surface area contributed by atoms with E-state index in [1.165, 1.54) is 4.90 Å². The lowest BCUT2D eigenvalue weighted by Gasteiger charge is -2.30. The third-order valence-corrected chi connectivity index (χ3v) is 6.97. The van der Waals surface area contributed by atoms with Gasteiger partial charge in [-0.2, -0.15) is 12.6 Å². The predicted octanol–water partition coefficient (Wildman–Crippen LogP) is 2.25. The van der Waals surface area contributed by atoms with Crippen molar-refractivity contribution in [2.45, 2.75) is 84.6 Å². The molecule has 10 heteroatoms. The monoisotopic (exact) mass is 498 g/mol. The Morgan fingerprint density at radius 1 is 1.09 bits per heavy atom. The highest BCUT2D eigenvalue weighted by Crippen LogP contribution is 2.30. The smallest absolute Gasteiger partial charge is 0.327 e. The first-order valence-corrected chi connectivity index (χ1v) is 12.3. The Morgan fingerprint density at radius 3 is 2.06 bits per heavy atom. The normalized spacial score (nSPS) is 18.7. The van der Waals surface area contributed by atoms with Crippen LogP contribution in [0.4, 0.5) is 4.79 Å². The standard InChI is InChI=1S/C24H42N4O5S/c1-14(2)12-16(17(29)13-15(19(30)25-8)23(3,4)5)26-20(31)18(34)10-11-28-21(32)24(6,7)27(9)22(28)33/h14-16,18,34H,10-13H2,1-9H3,(H,25,30)(H,26,31)/t15-,16+,18?/m1/s1. The largest absolute Gasteiger partial charge is 0.359 e. The molecule has 2 N–H and O–H groups in total. The molecule has 1 aliphatic rings. The van der Waals surface area contributed by atoms with Gasteiger partial charge < -0.3 is 15.5 Å². The SMILES string of the molecule is CNC(=O)[C@@H](CC(=O)[C@H](CC(C)C)NC(=O)C(S)CCN1C(=O)N(C)C(C)(C)C1=O)C(C)(C)C. The average Bonchev–Trinajstić information content (AvgIpc) is 2.87. The van der Waals surface area contributed by atoms with Crippen LogP contribution in [0.5, 0.6) is 0 Å². The average molecular weight is 499 g/mol. The number of nitrogens with one attached hydrogen (secondary N) is 2. The number of thiol groups is 1. The molecule has 9 nitrogen and oxygen atoms in total. The van der Waals surface area contributed by atoms with Crippen molar-refractivity contribution in [3.8, 4) is 0 Å². The van der Waals surface area contributed by atoms with Gasteiger partial charge in [0.25, 0.3) is 5.91 Å². The molecule has 0 bridgehead atoms. The van der Waals surface area contributed by atoms with Crippen molar-refractivity contribution in [1.29, 1.82) is 0 Å². The molecule has 1 saturated heterocycles. The first-order valence-electron chi connectivity index (χ1n) is 11.8. The molecule has 0 aromatic heterocycles. The lowest BCUT2D eigenvalue weighted by molar-refractivity contribution is -0.134. The molecular formula is C24H42N4O5S. The third-order valence-electron chi connectivity index (χ3n) is 6.48. The van der Waals surface area contributed by atoms with E-state index in [0.717, 1.165) is 4.90 Å². The van der Waals surface area contributed by atoms with Gasteiger partial charge in [0.2, 0.25) is 11.8 Å². The summed E-state index contributed by atoms with van der Waals surface area (Å²) in [6.07, 6.45) is 0.593. The van der Waals surface area contributed by atoms with E-state index in [2.05, 4.69) is 23.3 Å². The van der Waals surface area contributed by atoms with Crippen LogP contribution in [-0.4, -0.2) is 76.8 Å². The molecule has 34 heavy (non-hydrogen) atoms. The number of amides is 5. The van der Waals surface area contributed by atoms with E-state index in [9.17, 15) is 24.0 Å². The molecule has 0 saturated carbocycles. The molecule has 0 aromatic rings. The second-order valence-corrected chi connectivity index (χ2v) is 11.7. The maximum absolute atomic E-state index is 13.2. The number of rotatable bonds is 11. The van der Waals surface area contributed by atoms with Gasteiger partial charge in [0.1, 0.15) is 5.54 Å². The van der Waals surface area contributed by atoms with E-state index in [4.69, 9.17) is 0 Å². The quantitative estimate of drug-likeness (QED) is 0.298. The number of Topliss-reactive ketones (excluding diaryl/α,β-unsaturated/α-hetero) is 1. The Labute approximate surface area is 209 Å². The highest BCUT2D eigenvalue weighted by molar-refractivity contribution is 7.81. The van der Waals surface area contributed by atoms with Gasteiger partial charge in [-0.3, -0.25) is 24.1 Å². The number of likely N-dealkylation sites (N-methyl/N-ethyl adjacent to an activating group) is 1. The molecule has 0 aliphatic carbocycles. The predicted molar refractivity (Wildman–Crippen MR) is 134 cm³/mol. The molecular weight excluding hydrogens is 456 g/mol. The van der Waals surface area contributed by atoms with Gasteiger partial charge in [-0.25, -0.2) is 4.79 Å². The number of ketones is 1. The topological polar surface area (TPSA) is 116 Å². The number of urea groups is 1. The third kappa shape index (κ3) is 7.20. The van der Waals surface area contributed by atoms with Crippen molar-refractivity contribution < 1.29 is 24.0 Å². The molecule has 0 spiro atoms. The van der Waals surface area contributed by atoms with Gasteiger partial charge in [-0.05, 0) is 38.0 Å². The van der Waals surface area contributed by atoms with Gasteiger partial charge in [-0.15, -0.1) is 0 Å². The summed E-state index contributed by atoms with van der Waals surface area (Å²) in [5.74, 6) is -1.58. The van der Waals surface area contributed by atoms with Gasteiger partial charge in [-0.1, -0.05) is 34.6 Å². The van der Waals surface area contributed by atoms with Crippen molar-refractivity contribution in [1.82, 2.24) is 20.4 Å². The molecule has 1 unspecified atom stereocenters. The minimum Gasteiger partial charge on any atom is -0.359 e. The van der Waals surface area contributed by atoms with E-state index in [-0.39, 0.29) is 42.9 Å². The van der Waals surface area contributed by atoms with E-state index >= 15 is 0 Å². The highest BCUT2D eigenvalue weighted by atomic mass is 32.1. The zero-order chi connectivity index (χ0) is 26.6. The van der Waals surface area contributed by atoms with Crippen molar-refractivity contribution in [3.05, 3.63) is 0 Å². The van der Waals surface area contributed by atoms with Crippen LogP contribution in [0.2, 0.25) is 0 Å². The minimum atomic E-state index is -0.936. The second-order valence-electron chi connectivity index (χ2n) is 11.1. The maximum Gasteiger partial charge on any atom is 0.327 e. The van der Waals surface area contributed by atoms with Crippen molar-refractivity contribution in [2.24, 2.45) is 17.3 Å². The summed E-state index contributed by atoms with van der Waals surface area (Å²) in [5, 5.41) is 4.60. The van der Waals surface area contributed by atoms with Crippen LogP contribution >= 0.6 is 12.6 Å². The summed E-state index contributed by atoms with van der Waals surface area (Å²) in [5.41, 5.74) is -1.36. The minimum absolute atomic E-state index is 0.0102. The summed E-state index contributed by atoms with van der Waals surface area (Å²) >= 11 is 4.37. The summed E-state index contributed by atoms with van der Waals surface area (Å²) in [4.78, 5) is 65.8. The molecule has 1 rings (SSSR count). The van der Waals surface area contributed by atoms with Crippen LogP contribution in [0.1, 0.15) is 67.7 Å². The highest BCUT2D eigenvalue weighted by Gasteiger charge is 2.49. The summed E-state index contributed by atoms with van der Waals surface area (Å²) in [6, 6.07) is -1.16. The number of imide groups is 1. The van der Waals surface area contributed by atoms with Crippen molar-refractivity contribution >= 4 is 42.2 Å². The summed E-state index contributed by atoms with van der Waals surface area (Å²) < 4.78 is 0. The van der Waals surface area contributed by atoms with E-state index in [1.54, 1.807) is 27.9 Å². The van der Waals surface area contributed by atoms with E-state index in [0.29, 0.717) is 6.42 Å². The lowest BCUT2D eigenvalue weighted by atomic mass is 9.76. The van der Waals surface area contributed by atoms with Crippen LogP contribution in [0.15, 0.2) is 0 Å². The first-order chi connectivity index (χ1) is 15.4. The fourth-order valence-electron chi connectivity index (χ4n) is 3.88. The first kappa shape index (κ1) is 29.9. The molecule has 1 aliphatic heterocycles. The Hall–Kier alpha value is -2.10. The Balaban J connectivity index is 2.86. The van der Waals surface area contributed by atoms with Crippen molar-refractivity contribution in [3.63, 3.8) is 0 Å². The lowest BCUT2D eigenvalue weighted by Crippen LogP contribution is -2.48. The Morgan fingerprint density at radius 2 is 1.65 bits per heavy atom. The Bertz CT molecular complexity index is 806. The van der Waals surface area contributed by atoms with E-state index in [1.807, 2.05) is 34.6 Å². The molecule has 194 valence electrons. The molecule has 1 heterocycles. The zero-order valence-corrected chi connectivity index (χ0v) is 22.9. The number of hydrogen-bond acceptors (Lipinski definition) is 6. The number of hydrogen-bond donors (Lipinski definition) is 3. The fraction of sp³-hybridized carbons (Fsp3) is 0.792. The van der Waals surface area contributed by atoms with Gasteiger partial charge in [0.15, 0.2) is 5.78 Å². The summed E-state index contributed by atoms with van der Waals surface area (Å²) in [6.45, 7) is 13.0. The van der Waals surface area contributed by atoms with E-state index < -0.39 is 40.1 Å². The zero-order valence-electron chi connectivity index (χ0n) is 22.0. The maximum atomic E-state index is 13.2. The van der Waals surface area contributed by atoms with Crippen LogP contribution in [0.3, 0.4) is 0 Å². The molecule has 0 radical (unpaired) electrons. The van der Waals surface area contributed by atoms with Gasteiger partial charge in [0.05, 0.1) is 11.3 Å². The fourth-order valence-corrected chi connectivity index (χ4v) is 4.07. The Kier molecular flexibility index (Phi) is 10.2. The number of nitrogens with zero attached hydrogens (tertiary/aromatic N) is 2. The molecule has 0 aromatic carbocycles. The van der Waals surface area contributed by atoms with Crippen LogP contribution in [-0.2, 0) is 19.2 Å². The molecule has 1 fully saturated rings. The summed E-state index contributed by atoms with van der Waals surface area (Å²) in [7, 11) is 3.11. The van der Waals surface area contributed by atoms with Crippen LogP contribution < -0.4 is 10.6 Å². The molecule has 5 amide bonds. The van der Waals surface area contributed by atoms with Gasteiger partial charge in [0, 0.05) is 33.0 Å². The number of carbonyl (C=O) groups excluding carboxylic acids is 5. The van der Waals surface area contributed by atoms with Crippen LogP contribution in [0.25, 0.3) is 0 Å². The van der Waals surface area contributed by atoms with Gasteiger partial charge >= 0.3 is 6.03 Å².